The first-order valence-corrected chi connectivity index (χ1v) is 5.14. The van der Waals surface area contributed by atoms with Gasteiger partial charge in [-0.1, -0.05) is 0 Å². The van der Waals surface area contributed by atoms with Gasteiger partial charge in [-0.2, -0.15) is 5.10 Å². The molecule has 2 rings (SSSR count). The Morgan fingerprint density at radius 2 is 2.15 bits per heavy atom. The minimum Gasteiger partial charge on any atom is -0.300 e. The number of hydrazone groups is 1. The maximum Gasteiger partial charge on any atom is 0.0585 e. The second kappa shape index (κ2) is 2.98. The van der Waals surface area contributed by atoms with Gasteiger partial charge in [0, 0.05) is 25.0 Å². The summed E-state index contributed by atoms with van der Waals surface area (Å²) in [5, 5.41) is 6.95. The Morgan fingerprint density at radius 1 is 1.46 bits per heavy atom. The van der Waals surface area contributed by atoms with Crippen molar-refractivity contribution in [3.05, 3.63) is 0 Å². The monoisotopic (exact) mass is 181 g/mol. The van der Waals surface area contributed by atoms with E-state index in [0.717, 1.165) is 6.54 Å². The van der Waals surface area contributed by atoms with Crippen LogP contribution in [0.3, 0.4) is 0 Å². The van der Waals surface area contributed by atoms with Crippen LogP contribution >= 0.6 is 0 Å². The van der Waals surface area contributed by atoms with E-state index in [0.29, 0.717) is 18.0 Å². The van der Waals surface area contributed by atoms with Crippen LogP contribution in [0.2, 0.25) is 0 Å². The molecule has 0 radical (unpaired) electrons. The molecule has 0 amide bonds. The van der Waals surface area contributed by atoms with E-state index >= 15 is 0 Å². The van der Waals surface area contributed by atoms with Crippen molar-refractivity contribution in [1.82, 2.24) is 9.91 Å². The molecular formula is C10H19N3. The highest BCUT2D eigenvalue weighted by molar-refractivity contribution is 5.92. The van der Waals surface area contributed by atoms with E-state index in [1.54, 1.807) is 0 Å². The van der Waals surface area contributed by atoms with Crippen LogP contribution < -0.4 is 0 Å². The fourth-order valence-corrected chi connectivity index (χ4v) is 2.45. The molecule has 2 heterocycles. The third kappa shape index (κ3) is 1.35. The van der Waals surface area contributed by atoms with Gasteiger partial charge in [0.15, 0.2) is 0 Å². The van der Waals surface area contributed by atoms with Crippen LogP contribution in [0.15, 0.2) is 5.10 Å². The van der Waals surface area contributed by atoms with Crippen LogP contribution in [0.1, 0.15) is 20.8 Å². The van der Waals surface area contributed by atoms with Gasteiger partial charge >= 0.3 is 0 Å². The number of fused-ring (bicyclic) bond motifs is 1. The first-order valence-electron chi connectivity index (χ1n) is 5.14. The van der Waals surface area contributed by atoms with Crippen LogP contribution in [0, 0.1) is 5.92 Å². The molecule has 1 saturated heterocycles. The summed E-state index contributed by atoms with van der Waals surface area (Å²) < 4.78 is 0. The zero-order chi connectivity index (χ0) is 9.59. The molecule has 0 aromatic heterocycles. The van der Waals surface area contributed by atoms with Crippen LogP contribution in [0.25, 0.3) is 0 Å². The highest BCUT2D eigenvalue weighted by atomic mass is 15.5. The summed E-state index contributed by atoms with van der Waals surface area (Å²) in [5.41, 5.74) is 1.39. The minimum absolute atomic E-state index is 0.540. The molecule has 3 nitrogen and oxygen atoms in total. The van der Waals surface area contributed by atoms with Crippen LogP contribution in [-0.4, -0.2) is 47.8 Å². The Morgan fingerprint density at radius 3 is 2.69 bits per heavy atom. The lowest BCUT2D eigenvalue weighted by Crippen LogP contribution is -2.36. The lowest BCUT2D eigenvalue weighted by molar-refractivity contribution is 0.160. The fraction of sp³-hybridized carbons (Fsp3) is 0.900. The molecule has 2 atom stereocenters. The summed E-state index contributed by atoms with van der Waals surface area (Å²) in [7, 11) is 2.17. The molecule has 13 heavy (non-hydrogen) atoms. The summed E-state index contributed by atoms with van der Waals surface area (Å²) in [5.74, 6) is 0.687. The molecule has 1 fully saturated rings. The van der Waals surface area contributed by atoms with Gasteiger partial charge in [-0.05, 0) is 27.8 Å². The van der Waals surface area contributed by atoms with Crippen LogP contribution in [0.4, 0.5) is 0 Å². The highest BCUT2D eigenvalue weighted by Gasteiger charge is 2.39. The predicted octanol–water partition coefficient (Wildman–Crippen LogP) is 1.02. The smallest absolute Gasteiger partial charge is 0.0585 e. The van der Waals surface area contributed by atoms with Gasteiger partial charge in [0.1, 0.15) is 0 Å². The molecule has 0 aromatic carbocycles. The van der Waals surface area contributed by atoms with Crippen LogP contribution in [0.5, 0.6) is 0 Å². The summed E-state index contributed by atoms with van der Waals surface area (Å²) in [6.45, 7) is 8.97. The molecule has 2 unspecified atom stereocenters. The Hall–Kier alpha value is -0.570. The number of likely N-dealkylation sites (tertiary alicyclic amines) is 1. The first-order chi connectivity index (χ1) is 6.09. The van der Waals surface area contributed by atoms with Gasteiger partial charge in [0.05, 0.1) is 11.8 Å². The largest absolute Gasteiger partial charge is 0.300 e. The molecule has 0 aliphatic carbocycles. The molecule has 2 aliphatic rings. The van der Waals surface area contributed by atoms with E-state index in [9.17, 15) is 0 Å². The first kappa shape index (κ1) is 9.00. The average Bonchev–Trinajstić information content (AvgIpc) is 2.51. The molecule has 0 aromatic rings. The number of hydrogen-bond donors (Lipinski definition) is 0. The van der Waals surface area contributed by atoms with Crippen molar-refractivity contribution in [2.75, 3.05) is 20.1 Å². The zero-order valence-corrected chi connectivity index (χ0v) is 8.99. The summed E-state index contributed by atoms with van der Waals surface area (Å²) in [4.78, 5) is 2.36. The van der Waals surface area contributed by atoms with E-state index in [1.807, 2.05) is 0 Å². The van der Waals surface area contributed by atoms with Gasteiger partial charge in [-0.3, -0.25) is 5.01 Å². The quantitative estimate of drug-likeness (QED) is 0.601. The molecule has 0 saturated carbocycles. The number of rotatable bonds is 1. The Balaban J connectivity index is 2.16. The predicted molar refractivity (Wildman–Crippen MR) is 54.9 cm³/mol. The van der Waals surface area contributed by atoms with Crippen molar-refractivity contribution in [3.8, 4) is 0 Å². The lowest BCUT2D eigenvalue weighted by atomic mass is 10.00. The minimum atomic E-state index is 0.540. The second-order valence-electron chi connectivity index (χ2n) is 4.61. The van der Waals surface area contributed by atoms with Gasteiger partial charge in [0.2, 0.25) is 0 Å². The van der Waals surface area contributed by atoms with Crippen molar-refractivity contribution in [2.45, 2.75) is 32.9 Å². The third-order valence-corrected chi connectivity index (χ3v) is 3.14. The molecule has 0 bridgehead atoms. The van der Waals surface area contributed by atoms with Gasteiger partial charge in [-0.15, -0.1) is 0 Å². The van der Waals surface area contributed by atoms with E-state index in [-0.39, 0.29) is 0 Å². The second-order valence-corrected chi connectivity index (χ2v) is 4.61. The van der Waals surface area contributed by atoms with Crippen molar-refractivity contribution in [2.24, 2.45) is 11.0 Å². The van der Waals surface area contributed by atoms with Gasteiger partial charge in [0.25, 0.3) is 0 Å². The lowest BCUT2D eigenvalue weighted by Gasteiger charge is -2.27. The topological polar surface area (TPSA) is 18.8 Å². The molecule has 3 heteroatoms. The van der Waals surface area contributed by atoms with Crippen molar-refractivity contribution in [1.29, 1.82) is 0 Å². The summed E-state index contributed by atoms with van der Waals surface area (Å²) in [6.07, 6.45) is 0. The van der Waals surface area contributed by atoms with E-state index in [2.05, 4.69) is 42.8 Å². The fourth-order valence-electron chi connectivity index (χ4n) is 2.45. The van der Waals surface area contributed by atoms with E-state index < -0.39 is 0 Å². The summed E-state index contributed by atoms with van der Waals surface area (Å²) in [6, 6.07) is 1.14. The van der Waals surface area contributed by atoms with Crippen molar-refractivity contribution < 1.29 is 0 Å². The maximum atomic E-state index is 4.69. The molecule has 0 spiro atoms. The Labute approximate surface area is 80.4 Å². The summed E-state index contributed by atoms with van der Waals surface area (Å²) >= 11 is 0. The SMILES string of the molecule is CC(C)N1N=C2CN(C)CC2C1C. The Kier molecular flexibility index (Phi) is 2.06. The van der Waals surface area contributed by atoms with Crippen LogP contribution in [-0.2, 0) is 0 Å². The average molecular weight is 181 g/mol. The molecular weight excluding hydrogens is 162 g/mol. The van der Waals surface area contributed by atoms with E-state index in [4.69, 9.17) is 0 Å². The molecule has 74 valence electrons. The number of hydrogen-bond acceptors (Lipinski definition) is 3. The maximum absolute atomic E-state index is 4.69. The molecule has 0 N–H and O–H groups in total. The normalized spacial score (nSPS) is 34.2. The van der Waals surface area contributed by atoms with Crippen molar-refractivity contribution in [3.63, 3.8) is 0 Å². The van der Waals surface area contributed by atoms with E-state index in [1.165, 1.54) is 12.3 Å². The van der Waals surface area contributed by atoms with Gasteiger partial charge < -0.3 is 4.90 Å². The standard InChI is InChI=1S/C10H19N3/c1-7(2)13-8(3)9-5-12(4)6-10(9)11-13/h7-9H,5-6H2,1-4H3. The zero-order valence-electron chi connectivity index (χ0n) is 8.99. The van der Waals surface area contributed by atoms with Crippen molar-refractivity contribution >= 4 is 5.71 Å². The third-order valence-electron chi connectivity index (χ3n) is 3.14. The van der Waals surface area contributed by atoms with Gasteiger partial charge in [-0.25, -0.2) is 0 Å². The number of nitrogens with zero attached hydrogens (tertiary/aromatic N) is 3. The Bertz CT molecular complexity index is 234. The molecule has 2 aliphatic heterocycles. The highest BCUT2D eigenvalue weighted by Crippen LogP contribution is 2.28.